The highest BCUT2D eigenvalue weighted by molar-refractivity contribution is 6.01. The van der Waals surface area contributed by atoms with Gasteiger partial charge in [-0.05, 0) is 69.4 Å². The van der Waals surface area contributed by atoms with Gasteiger partial charge in [0.25, 0.3) is 5.91 Å². The molecule has 0 radical (unpaired) electrons. The summed E-state index contributed by atoms with van der Waals surface area (Å²) in [5, 5.41) is 6.82. The van der Waals surface area contributed by atoms with Gasteiger partial charge in [0.1, 0.15) is 0 Å². The zero-order valence-corrected chi connectivity index (χ0v) is 18.5. The first-order valence-corrected chi connectivity index (χ1v) is 11.2. The minimum Gasteiger partial charge on any atom is -0.377 e. The highest BCUT2D eigenvalue weighted by atomic mass is 16.1. The smallest absolute Gasteiger partial charge is 0.253 e. The first-order chi connectivity index (χ1) is 14.5. The van der Waals surface area contributed by atoms with E-state index in [1.165, 1.54) is 16.8 Å². The predicted molar refractivity (Wildman–Crippen MR) is 125 cm³/mol. The van der Waals surface area contributed by atoms with Gasteiger partial charge >= 0.3 is 0 Å². The number of hydrogen-bond donors (Lipinski definition) is 2. The normalized spacial score (nSPS) is 21.7. The quantitative estimate of drug-likeness (QED) is 0.626. The number of benzene rings is 2. The highest BCUT2D eigenvalue weighted by Crippen LogP contribution is 2.50. The van der Waals surface area contributed by atoms with Crippen LogP contribution in [0, 0.1) is 5.92 Å². The van der Waals surface area contributed by atoms with Gasteiger partial charge in [0, 0.05) is 30.7 Å². The Morgan fingerprint density at radius 2 is 1.87 bits per heavy atom. The molecule has 2 N–H and O–H groups in total. The van der Waals surface area contributed by atoms with Crippen LogP contribution in [0.1, 0.15) is 67.6 Å². The van der Waals surface area contributed by atoms with Gasteiger partial charge in [-0.1, -0.05) is 36.4 Å². The van der Waals surface area contributed by atoms with E-state index in [9.17, 15) is 4.79 Å². The molecule has 2 aromatic carbocycles. The van der Waals surface area contributed by atoms with Crippen molar-refractivity contribution in [2.45, 2.75) is 52.1 Å². The first-order valence-electron chi connectivity index (χ1n) is 11.2. The Labute approximate surface area is 180 Å². The lowest BCUT2D eigenvalue weighted by Gasteiger charge is -2.38. The Balaban J connectivity index is 1.69. The fraction of sp³-hybridized carbons (Fsp3) is 0.423. The zero-order chi connectivity index (χ0) is 21.3. The number of para-hydroxylation sites is 1. The van der Waals surface area contributed by atoms with Crippen molar-refractivity contribution < 1.29 is 4.79 Å². The number of nitrogens with one attached hydrogen (secondary N) is 2. The molecule has 0 spiro atoms. The topological polar surface area (TPSA) is 44.4 Å². The molecule has 158 valence electrons. The summed E-state index contributed by atoms with van der Waals surface area (Å²) in [6.07, 6.45) is 5.68. The molecule has 2 aromatic rings. The molecule has 4 heteroatoms. The maximum Gasteiger partial charge on any atom is 0.253 e. The second-order valence-corrected chi connectivity index (χ2v) is 8.64. The molecule has 2 aliphatic rings. The summed E-state index contributed by atoms with van der Waals surface area (Å²) >= 11 is 0. The van der Waals surface area contributed by atoms with Crippen molar-refractivity contribution in [1.82, 2.24) is 5.32 Å². The molecule has 0 bridgehead atoms. The second kappa shape index (κ2) is 8.55. The summed E-state index contributed by atoms with van der Waals surface area (Å²) in [7, 11) is 0. The summed E-state index contributed by atoms with van der Waals surface area (Å²) in [4.78, 5) is 15.2. The summed E-state index contributed by atoms with van der Waals surface area (Å²) in [5.74, 6) is 0.811. The van der Waals surface area contributed by atoms with Crippen LogP contribution in [0.3, 0.4) is 0 Å². The second-order valence-electron chi connectivity index (χ2n) is 8.64. The number of rotatable bonds is 6. The summed E-state index contributed by atoms with van der Waals surface area (Å²) in [6, 6.07) is 15.4. The average molecular weight is 404 g/mol. The van der Waals surface area contributed by atoms with Crippen molar-refractivity contribution in [1.29, 1.82) is 0 Å². The van der Waals surface area contributed by atoms with Crippen molar-refractivity contribution in [3.05, 3.63) is 71.3 Å². The van der Waals surface area contributed by atoms with E-state index in [1.807, 2.05) is 26.0 Å². The zero-order valence-electron chi connectivity index (χ0n) is 18.5. The Kier molecular flexibility index (Phi) is 5.85. The minimum atomic E-state index is -0.00888. The average Bonchev–Trinajstić information content (AvgIpc) is 3.24. The predicted octanol–water partition coefficient (Wildman–Crippen LogP) is 5.50. The molecular weight excluding hydrogens is 370 g/mol. The molecule has 0 aromatic heterocycles. The molecular formula is C26H33N3O. The Morgan fingerprint density at radius 1 is 1.13 bits per heavy atom. The van der Waals surface area contributed by atoms with Crippen LogP contribution in [-0.2, 0) is 0 Å². The van der Waals surface area contributed by atoms with Gasteiger partial charge in [-0.3, -0.25) is 4.79 Å². The van der Waals surface area contributed by atoms with Gasteiger partial charge in [-0.15, -0.1) is 0 Å². The number of nitrogens with zero attached hydrogens (tertiary/aromatic N) is 1. The van der Waals surface area contributed by atoms with E-state index >= 15 is 0 Å². The Bertz CT molecular complexity index is 928. The number of fused-ring (bicyclic) bond motifs is 3. The lowest BCUT2D eigenvalue weighted by Crippen LogP contribution is -2.34. The number of anilines is 2. The van der Waals surface area contributed by atoms with Gasteiger partial charge in [0.05, 0.1) is 17.3 Å². The van der Waals surface area contributed by atoms with Crippen LogP contribution >= 0.6 is 0 Å². The van der Waals surface area contributed by atoms with Crippen molar-refractivity contribution in [3.8, 4) is 0 Å². The Hall–Kier alpha value is -2.75. The fourth-order valence-corrected chi connectivity index (χ4v) is 4.96. The SMILES string of the molecule is CCN(CC)c1ccc(C2Nc3c(C(=O)NC(C)C)cccc3C3C=CCC32)cc1. The molecule has 1 amide bonds. The first kappa shape index (κ1) is 20.5. The number of allylic oxidation sites excluding steroid dienone is 2. The minimum absolute atomic E-state index is 0.00888. The molecule has 1 aliphatic heterocycles. The van der Waals surface area contributed by atoms with Crippen LogP contribution in [-0.4, -0.2) is 25.0 Å². The van der Waals surface area contributed by atoms with Crippen LogP contribution in [0.2, 0.25) is 0 Å². The molecule has 0 fully saturated rings. The van der Waals surface area contributed by atoms with Crippen LogP contribution in [0.5, 0.6) is 0 Å². The lowest BCUT2D eigenvalue weighted by atomic mass is 9.76. The molecule has 0 saturated carbocycles. The number of carbonyl (C=O) groups excluding carboxylic acids is 1. The molecule has 1 heterocycles. The number of hydrogen-bond acceptors (Lipinski definition) is 3. The van der Waals surface area contributed by atoms with Crippen molar-refractivity contribution in [3.63, 3.8) is 0 Å². The third-order valence-corrected chi connectivity index (χ3v) is 6.44. The fourth-order valence-electron chi connectivity index (χ4n) is 4.96. The maximum absolute atomic E-state index is 12.9. The van der Waals surface area contributed by atoms with Crippen LogP contribution in [0.4, 0.5) is 11.4 Å². The van der Waals surface area contributed by atoms with E-state index in [-0.39, 0.29) is 18.0 Å². The van der Waals surface area contributed by atoms with E-state index in [0.717, 1.165) is 30.8 Å². The molecule has 4 nitrogen and oxygen atoms in total. The van der Waals surface area contributed by atoms with Gasteiger partial charge in [0.15, 0.2) is 0 Å². The van der Waals surface area contributed by atoms with E-state index in [4.69, 9.17) is 0 Å². The largest absolute Gasteiger partial charge is 0.377 e. The molecule has 1 aliphatic carbocycles. The number of amides is 1. The van der Waals surface area contributed by atoms with Crippen LogP contribution < -0.4 is 15.5 Å². The lowest BCUT2D eigenvalue weighted by molar-refractivity contribution is 0.0943. The third kappa shape index (κ3) is 3.71. The summed E-state index contributed by atoms with van der Waals surface area (Å²) < 4.78 is 0. The monoisotopic (exact) mass is 403 g/mol. The maximum atomic E-state index is 12.9. The van der Waals surface area contributed by atoms with Gasteiger partial charge in [-0.2, -0.15) is 0 Å². The summed E-state index contributed by atoms with van der Waals surface area (Å²) in [5.41, 5.74) is 5.51. The van der Waals surface area contributed by atoms with Gasteiger partial charge in [0.2, 0.25) is 0 Å². The Morgan fingerprint density at radius 3 is 2.53 bits per heavy atom. The van der Waals surface area contributed by atoms with Gasteiger partial charge < -0.3 is 15.5 Å². The van der Waals surface area contributed by atoms with E-state index in [2.05, 4.69) is 71.9 Å². The highest BCUT2D eigenvalue weighted by Gasteiger charge is 2.39. The van der Waals surface area contributed by atoms with E-state index < -0.39 is 0 Å². The molecule has 3 unspecified atom stereocenters. The van der Waals surface area contributed by atoms with Crippen molar-refractivity contribution in [2.24, 2.45) is 5.92 Å². The van der Waals surface area contributed by atoms with Crippen molar-refractivity contribution >= 4 is 17.3 Å². The van der Waals surface area contributed by atoms with Gasteiger partial charge in [-0.25, -0.2) is 0 Å². The molecule has 3 atom stereocenters. The molecule has 0 saturated heterocycles. The number of carbonyl (C=O) groups is 1. The summed E-state index contributed by atoms with van der Waals surface area (Å²) in [6.45, 7) is 10.4. The third-order valence-electron chi connectivity index (χ3n) is 6.44. The standard InChI is InChI=1S/C26H33N3O/c1-5-29(6-2)19-15-13-18(14-16-19)24-21-10-7-9-20(21)22-11-8-12-23(25(22)28-24)26(30)27-17(3)4/h7-9,11-17,20-21,24,28H,5-6,10H2,1-4H3,(H,27,30). The van der Waals surface area contributed by atoms with E-state index in [1.54, 1.807) is 0 Å². The van der Waals surface area contributed by atoms with Crippen LogP contribution in [0.25, 0.3) is 0 Å². The van der Waals surface area contributed by atoms with Crippen molar-refractivity contribution in [2.75, 3.05) is 23.3 Å². The van der Waals surface area contributed by atoms with Crippen LogP contribution in [0.15, 0.2) is 54.6 Å². The molecule has 30 heavy (non-hydrogen) atoms. The van der Waals surface area contributed by atoms with E-state index in [0.29, 0.717) is 11.8 Å². The molecule has 4 rings (SSSR count).